The molecule has 2 amide bonds. The van der Waals surface area contributed by atoms with Crippen LogP contribution in [0.15, 0.2) is 42.5 Å². The number of benzene rings is 2. The molecular weight excluding hydrogens is 471 g/mol. The van der Waals surface area contributed by atoms with E-state index in [0.717, 1.165) is 16.8 Å². The van der Waals surface area contributed by atoms with E-state index in [0.29, 0.717) is 30.6 Å². The predicted octanol–water partition coefficient (Wildman–Crippen LogP) is 4.45. The van der Waals surface area contributed by atoms with Gasteiger partial charge in [0.05, 0.1) is 5.56 Å². The minimum absolute atomic E-state index is 0.0455. The SMILES string of the molecule is Cc1[nH]c2ccc(C(=O)C(=O)NC(C)(C)C)cc2c1C(=O)N1C[C@H](C)N(Cc2ccc(F)cc2)C[C@H]1C. The summed E-state index contributed by atoms with van der Waals surface area (Å²) in [7, 11) is 0. The Labute approximate surface area is 217 Å². The third-order valence-corrected chi connectivity index (χ3v) is 6.83. The van der Waals surface area contributed by atoms with Crippen LogP contribution >= 0.6 is 0 Å². The molecule has 0 unspecified atom stereocenters. The summed E-state index contributed by atoms with van der Waals surface area (Å²) in [6.07, 6.45) is 0. The lowest BCUT2D eigenvalue weighted by atomic mass is 10.0. The monoisotopic (exact) mass is 506 g/mol. The van der Waals surface area contributed by atoms with Crippen molar-refractivity contribution < 1.29 is 18.8 Å². The Kier molecular flexibility index (Phi) is 7.24. The molecule has 0 bridgehead atoms. The summed E-state index contributed by atoms with van der Waals surface area (Å²) >= 11 is 0. The van der Waals surface area contributed by atoms with E-state index in [1.165, 1.54) is 12.1 Å². The molecular formula is C29H35FN4O3. The third kappa shape index (κ3) is 5.74. The molecule has 2 aromatic carbocycles. The number of carbonyl (C=O) groups excluding carboxylic acids is 3. The van der Waals surface area contributed by atoms with Gasteiger partial charge < -0.3 is 15.2 Å². The van der Waals surface area contributed by atoms with E-state index in [-0.39, 0.29) is 29.4 Å². The summed E-state index contributed by atoms with van der Waals surface area (Å²) in [5.74, 6) is -1.67. The lowest BCUT2D eigenvalue weighted by Gasteiger charge is -2.44. The van der Waals surface area contributed by atoms with Gasteiger partial charge in [0.2, 0.25) is 5.78 Å². The maximum Gasteiger partial charge on any atom is 0.292 e. The zero-order valence-corrected chi connectivity index (χ0v) is 22.3. The number of aromatic amines is 1. The van der Waals surface area contributed by atoms with Gasteiger partial charge in [0.25, 0.3) is 11.8 Å². The van der Waals surface area contributed by atoms with Crippen molar-refractivity contribution in [1.82, 2.24) is 20.1 Å². The fourth-order valence-corrected chi connectivity index (χ4v) is 4.94. The highest BCUT2D eigenvalue weighted by Gasteiger charge is 2.34. The van der Waals surface area contributed by atoms with Gasteiger partial charge in [0.1, 0.15) is 5.82 Å². The lowest BCUT2D eigenvalue weighted by molar-refractivity contribution is -0.118. The van der Waals surface area contributed by atoms with E-state index in [1.54, 1.807) is 30.3 Å². The summed E-state index contributed by atoms with van der Waals surface area (Å²) < 4.78 is 13.3. The molecule has 1 aromatic heterocycles. The third-order valence-electron chi connectivity index (χ3n) is 6.83. The maximum atomic E-state index is 13.8. The minimum atomic E-state index is -0.674. The van der Waals surface area contributed by atoms with E-state index in [1.807, 2.05) is 39.5 Å². The van der Waals surface area contributed by atoms with Crippen LogP contribution in [0, 0.1) is 12.7 Å². The highest BCUT2D eigenvalue weighted by atomic mass is 19.1. The standard InChI is InChI=1S/C29H35FN4O3/c1-17-15-34(18(2)14-33(17)16-20-7-10-22(30)11-8-20)28(37)25-19(3)31-24-12-9-21(13-23(24)25)26(35)27(36)32-29(4,5)6/h7-13,17-18,31H,14-16H2,1-6H3,(H,32,36)/t17-,18+/m0/s1. The van der Waals surface area contributed by atoms with Crippen LogP contribution in [0.2, 0.25) is 0 Å². The van der Waals surface area contributed by atoms with Crippen LogP contribution in [0.5, 0.6) is 0 Å². The van der Waals surface area contributed by atoms with Gasteiger partial charge in [-0.1, -0.05) is 12.1 Å². The number of aryl methyl sites for hydroxylation is 1. The summed E-state index contributed by atoms with van der Waals surface area (Å²) in [5.41, 5.74) is 2.72. The molecule has 0 spiro atoms. The van der Waals surface area contributed by atoms with Gasteiger partial charge in [-0.3, -0.25) is 19.3 Å². The minimum Gasteiger partial charge on any atom is -0.358 e. The normalized spacial score (nSPS) is 18.7. The number of nitrogens with one attached hydrogen (secondary N) is 2. The Morgan fingerprint density at radius 1 is 1.03 bits per heavy atom. The molecule has 8 heteroatoms. The topological polar surface area (TPSA) is 85.5 Å². The van der Waals surface area contributed by atoms with Crippen molar-refractivity contribution in [2.75, 3.05) is 13.1 Å². The highest BCUT2D eigenvalue weighted by molar-refractivity contribution is 6.43. The largest absolute Gasteiger partial charge is 0.358 e. The van der Waals surface area contributed by atoms with Crippen LogP contribution in [-0.4, -0.2) is 63.1 Å². The predicted molar refractivity (Wildman–Crippen MR) is 142 cm³/mol. The van der Waals surface area contributed by atoms with Crippen molar-refractivity contribution in [1.29, 1.82) is 0 Å². The number of H-pyrrole nitrogens is 1. The second kappa shape index (κ2) is 10.1. The Hall–Kier alpha value is -3.52. The number of hydrogen-bond donors (Lipinski definition) is 2. The fourth-order valence-electron chi connectivity index (χ4n) is 4.94. The van der Waals surface area contributed by atoms with Gasteiger partial charge in [-0.05, 0) is 77.4 Å². The number of nitrogens with zero attached hydrogens (tertiary/aromatic N) is 2. The van der Waals surface area contributed by atoms with Crippen LogP contribution in [0.3, 0.4) is 0 Å². The number of piperazine rings is 1. The van der Waals surface area contributed by atoms with Crippen LogP contribution < -0.4 is 5.32 Å². The molecule has 0 saturated carbocycles. The lowest BCUT2D eigenvalue weighted by Crippen LogP contribution is -2.57. The van der Waals surface area contributed by atoms with Gasteiger partial charge >= 0.3 is 0 Å². The molecule has 2 N–H and O–H groups in total. The maximum absolute atomic E-state index is 13.8. The van der Waals surface area contributed by atoms with E-state index < -0.39 is 17.2 Å². The second-order valence-electron chi connectivity index (χ2n) is 11.1. The van der Waals surface area contributed by atoms with Crippen molar-refractivity contribution in [3.8, 4) is 0 Å². The molecule has 1 fully saturated rings. The summed E-state index contributed by atoms with van der Waals surface area (Å²) in [6, 6.07) is 11.6. The Balaban J connectivity index is 1.56. The Morgan fingerprint density at radius 2 is 1.70 bits per heavy atom. The fraction of sp³-hybridized carbons (Fsp3) is 0.414. The Bertz CT molecular complexity index is 1340. The molecule has 3 aromatic rings. The van der Waals surface area contributed by atoms with Crippen molar-refractivity contribution in [3.05, 3.63) is 70.7 Å². The number of hydrogen-bond acceptors (Lipinski definition) is 4. The number of aromatic nitrogens is 1. The number of amides is 2. The molecule has 1 aliphatic rings. The van der Waals surface area contributed by atoms with E-state index in [2.05, 4.69) is 22.1 Å². The van der Waals surface area contributed by atoms with Crippen molar-refractivity contribution in [2.45, 2.75) is 65.7 Å². The molecule has 7 nitrogen and oxygen atoms in total. The van der Waals surface area contributed by atoms with E-state index >= 15 is 0 Å². The van der Waals surface area contributed by atoms with Crippen molar-refractivity contribution >= 4 is 28.5 Å². The number of rotatable bonds is 5. The zero-order chi connectivity index (χ0) is 27.1. The molecule has 37 heavy (non-hydrogen) atoms. The summed E-state index contributed by atoms with van der Waals surface area (Å²) in [6.45, 7) is 13.3. The first kappa shape index (κ1) is 26.5. The molecule has 0 aliphatic carbocycles. The number of ketones is 1. The van der Waals surface area contributed by atoms with Crippen LogP contribution in [-0.2, 0) is 11.3 Å². The molecule has 1 saturated heterocycles. The molecule has 2 atom stereocenters. The van der Waals surface area contributed by atoms with E-state index in [4.69, 9.17) is 0 Å². The van der Waals surface area contributed by atoms with E-state index in [9.17, 15) is 18.8 Å². The molecule has 4 rings (SSSR count). The second-order valence-corrected chi connectivity index (χ2v) is 11.1. The van der Waals surface area contributed by atoms with Crippen molar-refractivity contribution in [3.63, 3.8) is 0 Å². The number of carbonyl (C=O) groups is 3. The van der Waals surface area contributed by atoms with Gasteiger partial charge in [0, 0.05) is 59.4 Å². The average Bonchev–Trinajstić information content (AvgIpc) is 3.15. The van der Waals surface area contributed by atoms with Gasteiger partial charge in [-0.2, -0.15) is 0 Å². The smallest absolute Gasteiger partial charge is 0.292 e. The quantitative estimate of drug-likeness (QED) is 0.396. The van der Waals surface area contributed by atoms with Gasteiger partial charge in [0.15, 0.2) is 0 Å². The van der Waals surface area contributed by atoms with Crippen LogP contribution in [0.25, 0.3) is 10.9 Å². The molecule has 0 radical (unpaired) electrons. The van der Waals surface area contributed by atoms with Gasteiger partial charge in [-0.15, -0.1) is 0 Å². The number of Topliss-reactive ketones (excluding diaryl/α,β-unsaturated/α-hetero) is 1. The first-order valence-corrected chi connectivity index (χ1v) is 12.6. The Morgan fingerprint density at radius 3 is 2.35 bits per heavy atom. The zero-order valence-electron chi connectivity index (χ0n) is 22.3. The van der Waals surface area contributed by atoms with Crippen LogP contribution in [0.4, 0.5) is 4.39 Å². The van der Waals surface area contributed by atoms with Crippen molar-refractivity contribution in [2.24, 2.45) is 0 Å². The molecule has 1 aliphatic heterocycles. The summed E-state index contributed by atoms with van der Waals surface area (Å²) in [4.78, 5) is 46.5. The average molecular weight is 507 g/mol. The first-order valence-electron chi connectivity index (χ1n) is 12.6. The molecule has 2 heterocycles. The summed E-state index contributed by atoms with van der Waals surface area (Å²) in [5, 5.41) is 3.33. The highest BCUT2D eigenvalue weighted by Crippen LogP contribution is 2.28. The van der Waals surface area contributed by atoms with Crippen LogP contribution in [0.1, 0.15) is 66.6 Å². The first-order chi connectivity index (χ1) is 17.3. The molecule has 196 valence electrons. The number of fused-ring (bicyclic) bond motifs is 1. The number of halogens is 1. The van der Waals surface area contributed by atoms with Gasteiger partial charge in [-0.25, -0.2) is 4.39 Å².